The molecule has 2 aliphatic rings. The lowest BCUT2D eigenvalue weighted by Crippen LogP contribution is -2.51. The Labute approximate surface area is 122 Å². The molecule has 1 fully saturated rings. The Hall–Kier alpha value is -1.99. The topological polar surface area (TPSA) is 100 Å². The molecule has 2 heterocycles. The summed E-state index contributed by atoms with van der Waals surface area (Å²) in [6.45, 7) is 3.12. The molecule has 0 bridgehead atoms. The van der Waals surface area contributed by atoms with E-state index < -0.39 is 6.04 Å². The molecule has 7 nitrogen and oxygen atoms in total. The molecule has 4 N–H and O–H groups in total. The van der Waals surface area contributed by atoms with Crippen LogP contribution in [0.2, 0.25) is 0 Å². The Balaban J connectivity index is 1.81. The minimum Gasteiger partial charge on any atom is -0.486 e. The Morgan fingerprint density at radius 3 is 2.67 bits per heavy atom. The number of rotatable bonds is 3. The number of nitrogens with zero attached hydrogens (tertiary/aromatic N) is 1. The van der Waals surface area contributed by atoms with Crippen molar-refractivity contribution in [1.29, 1.82) is 0 Å². The number of morpholine rings is 1. The Kier molecular flexibility index (Phi) is 3.85. The predicted octanol–water partition coefficient (Wildman–Crippen LogP) is -0.274. The van der Waals surface area contributed by atoms with Crippen molar-refractivity contribution < 1.29 is 19.0 Å². The lowest BCUT2D eigenvalue weighted by molar-refractivity contribution is -0.129. The molecular formula is C14H19N3O4. The van der Waals surface area contributed by atoms with Gasteiger partial charge in [0.25, 0.3) is 0 Å². The molecule has 1 saturated heterocycles. The molecule has 0 spiro atoms. The summed E-state index contributed by atoms with van der Waals surface area (Å²) in [6, 6.07) is 3.22. The highest BCUT2D eigenvalue weighted by Gasteiger charge is 2.28. The molecule has 21 heavy (non-hydrogen) atoms. The molecule has 1 atom stereocenters. The highest BCUT2D eigenvalue weighted by Crippen LogP contribution is 2.35. The molecule has 0 aliphatic carbocycles. The highest BCUT2D eigenvalue weighted by molar-refractivity contribution is 5.80. The van der Waals surface area contributed by atoms with Gasteiger partial charge in [-0.1, -0.05) is 0 Å². The van der Waals surface area contributed by atoms with Crippen molar-refractivity contribution in [3.8, 4) is 11.5 Å². The minimum atomic E-state index is -0.425. The summed E-state index contributed by atoms with van der Waals surface area (Å²) in [5.41, 5.74) is 13.0. The maximum absolute atomic E-state index is 11.5. The predicted molar refractivity (Wildman–Crippen MR) is 76.1 cm³/mol. The third-order valence-corrected chi connectivity index (χ3v) is 3.75. The van der Waals surface area contributed by atoms with Crippen molar-refractivity contribution in [2.45, 2.75) is 12.6 Å². The monoisotopic (exact) mass is 293 g/mol. The average Bonchev–Trinajstić information content (AvgIpc) is 2.48. The Morgan fingerprint density at radius 2 is 1.95 bits per heavy atom. The fraction of sp³-hybridized carbons (Fsp3) is 0.500. The molecule has 1 amide bonds. The summed E-state index contributed by atoms with van der Waals surface area (Å²) in [5, 5.41) is 0. The van der Waals surface area contributed by atoms with Gasteiger partial charge in [0.05, 0.1) is 13.2 Å². The van der Waals surface area contributed by atoms with Gasteiger partial charge in [-0.3, -0.25) is 9.69 Å². The van der Waals surface area contributed by atoms with Gasteiger partial charge in [0.15, 0.2) is 11.5 Å². The average molecular weight is 293 g/mol. The molecule has 1 aromatic carbocycles. The normalized spacial score (nSPS) is 22.0. The van der Waals surface area contributed by atoms with Crippen LogP contribution >= 0.6 is 0 Å². The molecule has 1 unspecified atom stereocenters. The van der Waals surface area contributed by atoms with Gasteiger partial charge in [-0.15, -0.1) is 0 Å². The Morgan fingerprint density at radius 1 is 1.24 bits per heavy atom. The van der Waals surface area contributed by atoms with E-state index in [1.807, 2.05) is 11.0 Å². The van der Waals surface area contributed by atoms with Gasteiger partial charge in [-0.05, 0) is 11.6 Å². The zero-order valence-corrected chi connectivity index (χ0v) is 11.7. The van der Waals surface area contributed by atoms with Crippen molar-refractivity contribution in [2.24, 2.45) is 5.73 Å². The highest BCUT2D eigenvalue weighted by atomic mass is 16.6. The molecule has 1 aromatic rings. The molecule has 0 aromatic heterocycles. The summed E-state index contributed by atoms with van der Waals surface area (Å²) in [5.74, 6) is 0.969. The van der Waals surface area contributed by atoms with Crippen LogP contribution < -0.4 is 20.9 Å². The number of nitrogen functional groups attached to an aromatic ring is 1. The van der Waals surface area contributed by atoms with Crippen LogP contribution in [0.4, 0.5) is 5.69 Å². The lowest BCUT2D eigenvalue weighted by Gasteiger charge is -2.34. The number of amides is 1. The largest absolute Gasteiger partial charge is 0.486 e. The molecule has 0 radical (unpaired) electrons. The van der Waals surface area contributed by atoms with Gasteiger partial charge in [0.2, 0.25) is 5.91 Å². The maximum Gasteiger partial charge on any atom is 0.237 e. The van der Waals surface area contributed by atoms with Crippen LogP contribution in [0, 0.1) is 0 Å². The Bertz CT molecular complexity index is 549. The van der Waals surface area contributed by atoms with Crippen LogP contribution in [0.15, 0.2) is 12.1 Å². The van der Waals surface area contributed by atoms with Crippen molar-refractivity contribution in [2.75, 3.05) is 38.7 Å². The molecule has 0 saturated carbocycles. The summed E-state index contributed by atoms with van der Waals surface area (Å²) < 4.78 is 16.4. The first-order chi connectivity index (χ1) is 10.1. The van der Waals surface area contributed by atoms with E-state index >= 15 is 0 Å². The summed E-state index contributed by atoms with van der Waals surface area (Å²) >= 11 is 0. The summed E-state index contributed by atoms with van der Waals surface area (Å²) in [6.07, 6.45) is 0. The number of nitrogens with two attached hydrogens (primary N) is 2. The number of hydrogen-bond donors (Lipinski definition) is 2. The second-order valence-corrected chi connectivity index (χ2v) is 5.16. The van der Waals surface area contributed by atoms with E-state index in [1.165, 1.54) is 0 Å². The third kappa shape index (κ3) is 2.88. The van der Waals surface area contributed by atoms with Crippen LogP contribution in [0.3, 0.4) is 0 Å². The fourth-order valence-corrected chi connectivity index (χ4v) is 2.59. The van der Waals surface area contributed by atoms with Crippen LogP contribution in [-0.2, 0) is 16.1 Å². The SMILES string of the molecule is NC(=O)C1COCCN1Cc1cc2c(cc1N)OCCO2. The molecule has 2 aliphatic heterocycles. The van der Waals surface area contributed by atoms with E-state index in [4.69, 9.17) is 25.7 Å². The van der Waals surface area contributed by atoms with E-state index in [9.17, 15) is 4.79 Å². The summed E-state index contributed by atoms with van der Waals surface area (Å²) in [7, 11) is 0. The quantitative estimate of drug-likeness (QED) is 0.744. The van der Waals surface area contributed by atoms with E-state index in [0.717, 1.165) is 5.56 Å². The number of hydrogen-bond acceptors (Lipinski definition) is 6. The van der Waals surface area contributed by atoms with Crippen molar-refractivity contribution in [3.05, 3.63) is 17.7 Å². The van der Waals surface area contributed by atoms with Crippen molar-refractivity contribution in [3.63, 3.8) is 0 Å². The first-order valence-corrected chi connectivity index (χ1v) is 6.94. The number of ether oxygens (including phenoxy) is 3. The fourth-order valence-electron chi connectivity index (χ4n) is 2.59. The zero-order chi connectivity index (χ0) is 14.8. The first kappa shape index (κ1) is 14.0. The second-order valence-electron chi connectivity index (χ2n) is 5.16. The molecule has 7 heteroatoms. The van der Waals surface area contributed by atoms with Crippen molar-refractivity contribution in [1.82, 2.24) is 4.90 Å². The number of carbonyl (C=O) groups excluding carboxylic acids is 1. The third-order valence-electron chi connectivity index (χ3n) is 3.75. The number of fused-ring (bicyclic) bond motifs is 1. The summed E-state index contributed by atoms with van der Waals surface area (Å²) in [4.78, 5) is 13.5. The van der Waals surface area contributed by atoms with E-state index in [1.54, 1.807) is 6.07 Å². The maximum atomic E-state index is 11.5. The van der Waals surface area contributed by atoms with E-state index in [2.05, 4.69) is 0 Å². The van der Waals surface area contributed by atoms with Gasteiger partial charge in [-0.2, -0.15) is 0 Å². The smallest absolute Gasteiger partial charge is 0.237 e. The van der Waals surface area contributed by atoms with E-state index in [0.29, 0.717) is 56.7 Å². The van der Waals surface area contributed by atoms with Gasteiger partial charge in [0, 0.05) is 24.8 Å². The number of primary amides is 1. The van der Waals surface area contributed by atoms with Crippen LogP contribution in [0.1, 0.15) is 5.56 Å². The minimum absolute atomic E-state index is 0.319. The van der Waals surface area contributed by atoms with Crippen LogP contribution in [-0.4, -0.2) is 49.8 Å². The van der Waals surface area contributed by atoms with Crippen LogP contribution in [0.5, 0.6) is 11.5 Å². The lowest BCUT2D eigenvalue weighted by atomic mass is 10.1. The van der Waals surface area contributed by atoms with Crippen LogP contribution in [0.25, 0.3) is 0 Å². The van der Waals surface area contributed by atoms with Gasteiger partial charge in [-0.25, -0.2) is 0 Å². The molecular weight excluding hydrogens is 274 g/mol. The number of benzene rings is 1. The second kappa shape index (κ2) is 5.79. The van der Waals surface area contributed by atoms with Gasteiger partial charge < -0.3 is 25.7 Å². The van der Waals surface area contributed by atoms with E-state index in [-0.39, 0.29) is 5.91 Å². The van der Waals surface area contributed by atoms with Gasteiger partial charge in [0.1, 0.15) is 19.3 Å². The standard InChI is InChI=1S/C14H19N3O4/c15-10-6-13-12(20-3-4-21-13)5-9(10)7-17-1-2-19-8-11(17)14(16)18/h5-6,11H,1-4,7-8,15H2,(H2,16,18). The number of carbonyl (C=O) groups is 1. The molecule has 114 valence electrons. The van der Waals surface area contributed by atoms with Crippen molar-refractivity contribution >= 4 is 11.6 Å². The zero-order valence-electron chi connectivity index (χ0n) is 11.7. The number of anilines is 1. The first-order valence-electron chi connectivity index (χ1n) is 6.94. The molecule has 3 rings (SSSR count). The van der Waals surface area contributed by atoms with Gasteiger partial charge >= 0.3 is 0 Å².